The van der Waals surface area contributed by atoms with Crippen molar-refractivity contribution < 1.29 is 24.1 Å². The van der Waals surface area contributed by atoms with Crippen LogP contribution in [-0.4, -0.2) is 43.1 Å². The molecule has 1 aliphatic heterocycles. The Balaban J connectivity index is 2.10. The highest BCUT2D eigenvalue weighted by molar-refractivity contribution is 5.72. The van der Waals surface area contributed by atoms with Gasteiger partial charge in [-0.15, -0.1) is 0 Å². The van der Waals surface area contributed by atoms with Gasteiger partial charge in [0, 0.05) is 24.6 Å². The summed E-state index contributed by atoms with van der Waals surface area (Å²) in [7, 11) is 1.42. The van der Waals surface area contributed by atoms with Crippen molar-refractivity contribution in [3.63, 3.8) is 0 Å². The average molecular weight is 431 g/mol. The number of aliphatic hydroxyl groups is 1. The predicted octanol–water partition coefficient (Wildman–Crippen LogP) is 4.04. The van der Waals surface area contributed by atoms with E-state index in [0.29, 0.717) is 36.1 Å². The summed E-state index contributed by atoms with van der Waals surface area (Å²) >= 11 is 0. The van der Waals surface area contributed by atoms with Gasteiger partial charge in [-0.3, -0.25) is 0 Å². The molecule has 0 bridgehead atoms. The number of carbonyl (C=O) groups is 1. The number of aryl methyl sites for hydroxylation is 1. The second-order valence-electron chi connectivity index (χ2n) is 8.18. The Morgan fingerprint density at radius 3 is 2.81 bits per heavy atom. The van der Waals surface area contributed by atoms with Gasteiger partial charge in [0.2, 0.25) is 0 Å². The van der Waals surface area contributed by atoms with Crippen molar-refractivity contribution in [2.24, 2.45) is 5.92 Å². The molecule has 1 unspecified atom stereocenters. The molecule has 3 rings (SSSR count). The lowest BCUT2D eigenvalue weighted by molar-refractivity contribution is -0.0417. The number of nitrogens with one attached hydrogen (secondary N) is 2. The van der Waals surface area contributed by atoms with Gasteiger partial charge >= 0.3 is 6.09 Å². The van der Waals surface area contributed by atoms with Crippen LogP contribution in [0, 0.1) is 18.7 Å². The normalized spacial score (nSPS) is 18.3. The lowest BCUT2D eigenvalue weighted by Crippen LogP contribution is -2.45. The summed E-state index contributed by atoms with van der Waals surface area (Å²) in [6, 6.07) is 10.8. The third-order valence-electron chi connectivity index (χ3n) is 6.08. The Morgan fingerprint density at radius 1 is 1.35 bits per heavy atom. The van der Waals surface area contributed by atoms with E-state index in [9.17, 15) is 9.90 Å². The van der Waals surface area contributed by atoms with E-state index in [1.54, 1.807) is 12.1 Å². The van der Waals surface area contributed by atoms with Crippen LogP contribution in [-0.2, 0) is 5.60 Å². The molecule has 0 aromatic heterocycles. The molecular weight excluding hydrogens is 399 g/mol. The number of halogens is 1. The first-order valence-corrected chi connectivity index (χ1v) is 10.7. The van der Waals surface area contributed by atoms with E-state index >= 15 is 4.39 Å². The lowest BCUT2D eigenvalue weighted by atomic mass is 9.72. The van der Waals surface area contributed by atoms with Gasteiger partial charge in [-0.05, 0) is 56.3 Å². The van der Waals surface area contributed by atoms with Crippen LogP contribution in [0.3, 0.4) is 0 Å². The fourth-order valence-electron chi connectivity index (χ4n) is 4.53. The van der Waals surface area contributed by atoms with Gasteiger partial charge < -0.3 is 25.6 Å². The molecule has 2 atom stereocenters. The van der Waals surface area contributed by atoms with E-state index in [-0.39, 0.29) is 18.2 Å². The Labute approximate surface area is 182 Å². The number of rotatable bonds is 8. The molecule has 2 aromatic rings. The molecule has 168 valence electrons. The number of piperidine rings is 1. The van der Waals surface area contributed by atoms with Crippen LogP contribution in [0.5, 0.6) is 5.75 Å². The molecule has 0 saturated carbocycles. The fraction of sp³-hybridized carbons (Fsp3) is 0.458. The quantitative estimate of drug-likeness (QED) is 0.475. The monoisotopic (exact) mass is 430 g/mol. The summed E-state index contributed by atoms with van der Waals surface area (Å²) in [6.07, 6.45) is 1.36. The van der Waals surface area contributed by atoms with Crippen molar-refractivity contribution in [2.75, 3.05) is 26.7 Å². The fourth-order valence-corrected chi connectivity index (χ4v) is 4.53. The highest BCUT2D eigenvalue weighted by Gasteiger charge is 2.41. The molecule has 1 heterocycles. The molecule has 1 aliphatic rings. The summed E-state index contributed by atoms with van der Waals surface area (Å²) in [4.78, 5) is 10.8. The number of benzene rings is 2. The van der Waals surface area contributed by atoms with Crippen molar-refractivity contribution >= 4 is 6.09 Å². The molecule has 1 saturated heterocycles. The van der Waals surface area contributed by atoms with E-state index in [1.807, 2.05) is 31.2 Å². The summed E-state index contributed by atoms with van der Waals surface area (Å²) in [5, 5.41) is 26.6. The maximum absolute atomic E-state index is 15.6. The third-order valence-corrected chi connectivity index (χ3v) is 6.08. The van der Waals surface area contributed by atoms with Crippen molar-refractivity contribution in [3.05, 3.63) is 53.3 Å². The third kappa shape index (κ3) is 5.17. The second kappa shape index (κ2) is 10.1. The molecule has 4 N–H and O–H groups in total. The molecule has 1 amide bonds. The standard InChI is InChI=1S/C24H31FN2O4/c1-16-6-3-7-17(14-16)21-19(9-10-20(31-2)22(21)25)24(30,11-5-13-27-23(28)29)18-8-4-12-26-15-18/h3,6-7,9-10,14,18,26-27,30H,4-5,8,11-13,15H2,1-2H3,(H,28,29)/t18-,24?/m1/s1. The summed E-state index contributed by atoms with van der Waals surface area (Å²) < 4.78 is 20.8. The van der Waals surface area contributed by atoms with Gasteiger partial charge in [-0.2, -0.15) is 0 Å². The van der Waals surface area contributed by atoms with E-state index in [4.69, 9.17) is 9.84 Å². The summed E-state index contributed by atoms with van der Waals surface area (Å²) in [5.41, 5.74) is 1.19. The minimum absolute atomic E-state index is 0.122. The first kappa shape index (κ1) is 23.0. The van der Waals surface area contributed by atoms with Gasteiger partial charge in [0.15, 0.2) is 11.6 Å². The van der Waals surface area contributed by atoms with E-state index < -0.39 is 17.5 Å². The van der Waals surface area contributed by atoms with Crippen LogP contribution in [0.15, 0.2) is 36.4 Å². The van der Waals surface area contributed by atoms with Crippen molar-refractivity contribution in [1.29, 1.82) is 0 Å². The van der Waals surface area contributed by atoms with Crippen LogP contribution >= 0.6 is 0 Å². The zero-order chi connectivity index (χ0) is 22.4. The first-order chi connectivity index (χ1) is 14.9. The Morgan fingerprint density at radius 2 is 2.16 bits per heavy atom. The predicted molar refractivity (Wildman–Crippen MR) is 118 cm³/mol. The SMILES string of the molecule is COc1ccc(C(O)(CCCNC(=O)O)[C@@H]2CCCNC2)c(-c2cccc(C)c2)c1F. The first-order valence-electron chi connectivity index (χ1n) is 10.7. The molecule has 0 spiro atoms. The molecule has 31 heavy (non-hydrogen) atoms. The number of hydrogen-bond acceptors (Lipinski definition) is 4. The zero-order valence-electron chi connectivity index (χ0n) is 18.1. The average Bonchev–Trinajstić information content (AvgIpc) is 2.76. The molecular formula is C24H31FN2O4. The number of methoxy groups -OCH3 is 1. The van der Waals surface area contributed by atoms with E-state index in [1.165, 1.54) is 7.11 Å². The Hall–Kier alpha value is -2.64. The Bertz CT molecular complexity index is 914. The molecule has 7 heteroatoms. The van der Waals surface area contributed by atoms with Gasteiger partial charge in [0.1, 0.15) is 0 Å². The van der Waals surface area contributed by atoms with E-state index in [0.717, 1.165) is 24.9 Å². The number of amides is 1. The van der Waals surface area contributed by atoms with Crippen LogP contribution in [0.25, 0.3) is 11.1 Å². The topological polar surface area (TPSA) is 90.8 Å². The van der Waals surface area contributed by atoms with Crippen molar-refractivity contribution in [1.82, 2.24) is 10.6 Å². The molecule has 2 aromatic carbocycles. The highest BCUT2D eigenvalue weighted by Crippen LogP contribution is 2.45. The maximum atomic E-state index is 15.6. The van der Waals surface area contributed by atoms with Gasteiger partial charge in [-0.25, -0.2) is 9.18 Å². The van der Waals surface area contributed by atoms with Crippen molar-refractivity contribution in [3.8, 4) is 16.9 Å². The van der Waals surface area contributed by atoms with Crippen LogP contribution in [0.2, 0.25) is 0 Å². The zero-order valence-corrected chi connectivity index (χ0v) is 18.1. The Kier molecular flexibility index (Phi) is 7.51. The molecule has 0 radical (unpaired) electrons. The summed E-state index contributed by atoms with van der Waals surface area (Å²) in [5.74, 6) is -0.504. The number of ether oxygens (including phenoxy) is 1. The number of hydrogen-bond donors (Lipinski definition) is 4. The number of carboxylic acid groups (broad SMARTS) is 1. The maximum Gasteiger partial charge on any atom is 0.404 e. The largest absolute Gasteiger partial charge is 0.494 e. The molecule has 6 nitrogen and oxygen atoms in total. The van der Waals surface area contributed by atoms with Gasteiger partial charge in [0.05, 0.1) is 12.7 Å². The van der Waals surface area contributed by atoms with Gasteiger partial charge in [-0.1, -0.05) is 35.9 Å². The van der Waals surface area contributed by atoms with Gasteiger partial charge in [0.25, 0.3) is 0 Å². The lowest BCUT2D eigenvalue weighted by Gasteiger charge is -2.40. The van der Waals surface area contributed by atoms with Crippen molar-refractivity contribution in [2.45, 2.75) is 38.2 Å². The second-order valence-corrected chi connectivity index (χ2v) is 8.18. The van der Waals surface area contributed by atoms with Crippen LogP contribution in [0.1, 0.15) is 36.8 Å². The van der Waals surface area contributed by atoms with Crippen LogP contribution < -0.4 is 15.4 Å². The van der Waals surface area contributed by atoms with Crippen LogP contribution in [0.4, 0.5) is 9.18 Å². The molecule has 1 fully saturated rings. The minimum Gasteiger partial charge on any atom is -0.494 e. The molecule has 0 aliphatic carbocycles. The summed E-state index contributed by atoms with van der Waals surface area (Å²) in [6.45, 7) is 3.66. The van der Waals surface area contributed by atoms with E-state index in [2.05, 4.69) is 10.6 Å². The smallest absolute Gasteiger partial charge is 0.404 e. The minimum atomic E-state index is -1.32. The highest BCUT2D eigenvalue weighted by atomic mass is 19.1.